The normalized spacial score (nSPS) is 10.9. The highest BCUT2D eigenvalue weighted by molar-refractivity contribution is 6.30. The number of ether oxygens (including phenoxy) is 2. The number of carbonyl (C=O) groups is 2. The van der Waals surface area contributed by atoms with Gasteiger partial charge < -0.3 is 9.47 Å². The number of halogens is 1. The van der Waals surface area contributed by atoms with E-state index in [0.29, 0.717) is 5.02 Å². The Kier molecular flexibility index (Phi) is 5.36. The SMILES string of the molecule is COC(=O)CC(C)(CC(=O)OC)c1ccc(Cl)cc1. The second kappa shape index (κ2) is 6.57. The zero-order valence-electron chi connectivity index (χ0n) is 11.2. The summed E-state index contributed by atoms with van der Waals surface area (Å²) in [5, 5.41) is 0.599. The molecule has 0 atom stereocenters. The lowest BCUT2D eigenvalue weighted by atomic mass is 9.77. The molecule has 0 fully saturated rings. The summed E-state index contributed by atoms with van der Waals surface area (Å²) in [5.74, 6) is -0.747. The van der Waals surface area contributed by atoms with E-state index in [-0.39, 0.29) is 24.8 Å². The van der Waals surface area contributed by atoms with Gasteiger partial charge in [0.25, 0.3) is 0 Å². The molecule has 0 N–H and O–H groups in total. The Bertz CT molecular complexity index is 435. The summed E-state index contributed by atoms with van der Waals surface area (Å²) in [6, 6.07) is 7.05. The molecule has 5 heteroatoms. The van der Waals surface area contributed by atoms with Crippen molar-refractivity contribution >= 4 is 23.5 Å². The molecule has 0 heterocycles. The molecule has 104 valence electrons. The molecule has 0 aliphatic carbocycles. The van der Waals surface area contributed by atoms with Crippen LogP contribution in [-0.2, 0) is 24.5 Å². The predicted octanol–water partition coefficient (Wildman–Crippen LogP) is 2.72. The molecule has 1 rings (SSSR count). The third kappa shape index (κ3) is 4.24. The van der Waals surface area contributed by atoms with Crippen molar-refractivity contribution < 1.29 is 19.1 Å². The van der Waals surface area contributed by atoms with Crippen molar-refractivity contribution in [2.75, 3.05) is 14.2 Å². The second-order valence-corrected chi connectivity index (χ2v) is 5.01. The van der Waals surface area contributed by atoms with E-state index in [1.165, 1.54) is 14.2 Å². The van der Waals surface area contributed by atoms with Crippen LogP contribution in [0.5, 0.6) is 0 Å². The Morgan fingerprint density at radius 2 is 1.47 bits per heavy atom. The summed E-state index contributed by atoms with van der Waals surface area (Å²) >= 11 is 5.84. The first-order valence-corrected chi connectivity index (χ1v) is 6.19. The van der Waals surface area contributed by atoms with Gasteiger partial charge in [0, 0.05) is 10.4 Å². The quantitative estimate of drug-likeness (QED) is 0.780. The van der Waals surface area contributed by atoms with Crippen LogP contribution in [-0.4, -0.2) is 26.2 Å². The van der Waals surface area contributed by atoms with Crippen LogP contribution in [0.15, 0.2) is 24.3 Å². The van der Waals surface area contributed by atoms with E-state index in [1.54, 1.807) is 24.3 Å². The summed E-state index contributed by atoms with van der Waals surface area (Å²) in [6.07, 6.45) is 0.195. The summed E-state index contributed by atoms with van der Waals surface area (Å²) < 4.78 is 9.38. The number of hydrogen-bond acceptors (Lipinski definition) is 4. The van der Waals surface area contributed by atoms with Gasteiger partial charge in [-0.1, -0.05) is 30.7 Å². The molecule has 0 saturated carbocycles. The average Bonchev–Trinajstić information content (AvgIpc) is 2.38. The molecule has 0 amide bonds. The van der Waals surface area contributed by atoms with Gasteiger partial charge in [-0.2, -0.15) is 0 Å². The van der Waals surface area contributed by atoms with Gasteiger partial charge in [-0.15, -0.1) is 0 Å². The zero-order valence-corrected chi connectivity index (χ0v) is 12.0. The molecule has 0 saturated heterocycles. The van der Waals surface area contributed by atoms with Crippen LogP contribution in [0, 0.1) is 0 Å². The Labute approximate surface area is 117 Å². The van der Waals surface area contributed by atoms with Crippen LogP contribution in [0.25, 0.3) is 0 Å². The molecule has 0 spiro atoms. The van der Waals surface area contributed by atoms with E-state index < -0.39 is 5.41 Å². The third-order valence-electron chi connectivity index (χ3n) is 3.07. The van der Waals surface area contributed by atoms with Crippen molar-refractivity contribution in [3.05, 3.63) is 34.9 Å². The van der Waals surface area contributed by atoms with Crippen LogP contribution in [0.4, 0.5) is 0 Å². The van der Waals surface area contributed by atoms with Crippen molar-refractivity contribution in [2.45, 2.75) is 25.2 Å². The molecule has 0 bridgehead atoms. The van der Waals surface area contributed by atoms with Crippen molar-refractivity contribution in [3.8, 4) is 0 Å². The molecule has 0 radical (unpaired) electrons. The minimum absolute atomic E-state index is 0.0975. The smallest absolute Gasteiger partial charge is 0.306 e. The number of hydrogen-bond donors (Lipinski definition) is 0. The highest BCUT2D eigenvalue weighted by Gasteiger charge is 2.33. The van der Waals surface area contributed by atoms with Crippen molar-refractivity contribution in [1.29, 1.82) is 0 Å². The largest absolute Gasteiger partial charge is 0.469 e. The maximum Gasteiger partial charge on any atom is 0.306 e. The van der Waals surface area contributed by atoms with Gasteiger partial charge in [-0.05, 0) is 17.7 Å². The Morgan fingerprint density at radius 3 is 1.84 bits per heavy atom. The fourth-order valence-electron chi connectivity index (χ4n) is 1.90. The minimum Gasteiger partial charge on any atom is -0.469 e. The molecule has 1 aromatic rings. The molecule has 0 aromatic heterocycles. The fraction of sp³-hybridized carbons (Fsp3) is 0.429. The minimum atomic E-state index is -0.676. The van der Waals surface area contributed by atoms with E-state index in [0.717, 1.165) is 5.56 Å². The zero-order chi connectivity index (χ0) is 14.5. The predicted molar refractivity (Wildman–Crippen MR) is 72.1 cm³/mol. The number of rotatable bonds is 5. The van der Waals surface area contributed by atoms with Gasteiger partial charge in [-0.25, -0.2) is 0 Å². The van der Waals surface area contributed by atoms with Crippen LogP contribution in [0.1, 0.15) is 25.3 Å². The molecule has 0 aliphatic rings. The highest BCUT2D eigenvalue weighted by Crippen LogP contribution is 2.33. The van der Waals surface area contributed by atoms with E-state index in [1.807, 2.05) is 6.92 Å². The van der Waals surface area contributed by atoms with Gasteiger partial charge >= 0.3 is 11.9 Å². The van der Waals surface area contributed by atoms with Crippen LogP contribution < -0.4 is 0 Å². The van der Waals surface area contributed by atoms with E-state index >= 15 is 0 Å². The van der Waals surface area contributed by atoms with Crippen LogP contribution in [0.2, 0.25) is 5.02 Å². The Morgan fingerprint density at radius 1 is 1.05 bits per heavy atom. The molecule has 0 aliphatic heterocycles. The lowest BCUT2D eigenvalue weighted by molar-refractivity contribution is -0.145. The first-order valence-electron chi connectivity index (χ1n) is 5.81. The van der Waals surface area contributed by atoms with Gasteiger partial charge in [0.05, 0.1) is 27.1 Å². The van der Waals surface area contributed by atoms with Crippen molar-refractivity contribution in [1.82, 2.24) is 0 Å². The topological polar surface area (TPSA) is 52.6 Å². The monoisotopic (exact) mass is 284 g/mol. The van der Waals surface area contributed by atoms with E-state index in [9.17, 15) is 9.59 Å². The Balaban J connectivity index is 3.06. The summed E-state index contributed by atoms with van der Waals surface area (Å²) in [5.41, 5.74) is 0.165. The maximum atomic E-state index is 11.5. The first-order chi connectivity index (χ1) is 8.91. The maximum absolute atomic E-state index is 11.5. The average molecular weight is 285 g/mol. The van der Waals surface area contributed by atoms with E-state index in [4.69, 9.17) is 11.6 Å². The molecule has 0 unspecified atom stereocenters. The molecular formula is C14H17ClO4. The summed E-state index contributed by atoms with van der Waals surface area (Å²) in [6.45, 7) is 1.82. The van der Waals surface area contributed by atoms with Gasteiger partial charge in [-0.3, -0.25) is 9.59 Å². The van der Waals surface area contributed by atoms with Crippen LogP contribution >= 0.6 is 11.6 Å². The Hall–Kier alpha value is -1.55. The third-order valence-corrected chi connectivity index (χ3v) is 3.32. The summed E-state index contributed by atoms with van der Waals surface area (Å²) in [4.78, 5) is 23.1. The van der Waals surface area contributed by atoms with Crippen molar-refractivity contribution in [2.24, 2.45) is 0 Å². The van der Waals surface area contributed by atoms with Gasteiger partial charge in [0.1, 0.15) is 0 Å². The number of benzene rings is 1. The number of esters is 2. The van der Waals surface area contributed by atoms with Crippen LogP contribution in [0.3, 0.4) is 0 Å². The molecule has 1 aromatic carbocycles. The molecule has 19 heavy (non-hydrogen) atoms. The van der Waals surface area contributed by atoms with Crippen molar-refractivity contribution in [3.63, 3.8) is 0 Å². The van der Waals surface area contributed by atoms with Gasteiger partial charge in [0.2, 0.25) is 0 Å². The van der Waals surface area contributed by atoms with Gasteiger partial charge in [0.15, 0.2) is 0 Å². The number of methoxy groups -OCH3 is 2. The highest BCUT2D eigenvalue weighted by atomic mass is 35.5. The first kappa shape index (κ1) is 15.5. The summed E-state index contributed by atoms with van der Waals surface area (Å²) in [7, 11) is 2.64. The standard InChI is InChI=1S/C14H17ClO4/c1-14(8-12(16)18-2,9-13(17)19-3)10-4-6-11(15)7-5-10/h4-7H,8-9H2,1-3H3. The second-order valence-electron chi connectivity index (χ2n) is 4.57. The lowest BCUT2D eigenvalue weighted by Gasteiger charge is -2.28. The molecular weight excluding hydrogens is 268 g/mol. The molecule has 4 nitrogen and oxygen atoms in total. The number of carbonyl (C=O) groups excluding carboxylic acids is 2. The fourth-order valence-corrected chi connectivity index (χ4v) is 2.03. The lowest BCUT2D eigenvalue weighted by Crippen LogP contribution is -2.30. The van der Waals surface area contributed by atoms with E-state index in [2.05, 4.69) is 9.47 Å².